The maximum absolute atomic E-state index is 13.8. The monoisotopic (exact) mass is 501 g/mol. The Kier molecular flexibility index (Phi) is 8.08. The zero-order chi connectivity index (χ0) is 26.4. The van der Waals surface area contributed by atoms with E-state index < -0.39 is 24.1 Å². The summed E-state index contributed by atoms with van der Waals surface area (Å²) >= 11 is 0. The van der Waals surface area contributed by atoms with Gasteiger partial charge >= 0.3 is 6.09 Å². The summed E-state index contributed by atoms with van der Waals surface area (Å²) in [6.07, 6.45) is -0.244. The number of carboxylic acid groups (broad SMARTS) is 1. The summed E-state index contributed by atoms with van der Waals surface area (Å²) < 4.78 is 6.04. The predicted molar refractivity (Wildman–Crippen MR) is 140 cm³/mol. The molecule has 3 aromatic carbocycles. The number of hydrogen-bond acceptors (Lipinski definition) is 4. The van der Waals surface area contributed by atoms with Gasteiger partial charge in [0.05, 0.1) is 12.2 Å². The van der Waals surface area contributed by atoms with Gasteiger partial charge in [-0.2, -0.15) is 0 Å². The number of ether oxygens (including phenoxy) is 1. The molecule has 1 heterocycles. The van der Waals surface area contributed by atoms with E-state index in [4.69, 9.17) is 4.74 Å². The Bertz CT molecular complexity index is 1250. The molecule has 0 fully saturated rings. The third kappa shape index (κ3) is 6.27. The molecule has 0 aromatic heterocycles. The number of carbonyl (C=O) groups is 3. The summed E-state index contributed by atoms with van der Waals surface area (Å²) in [5.74, 6) is -0.116. The van der Waals surface area contributed by atoms with Crippen LogP contribution in [0.2, 0.25) is 0 Å². The first-order chi connectivity index (χ1) is 17.8. The number of fused-ring (bicyclic) bond motifs is 1. The first-order valence-corrected chi connectivity index (χ1v) is 12.2. The van der Waals surface area contributed by atoms with Gasteiger partial charge in [0.1, 0.15) is 24.4 Å². The van der Waals surface area contributed by atoms with Gasteiger partial charge in [-0.25, -0.2) is 4.79 Å². The number of nitrogens with one attached hydrogen (secondary N) is 1. The lowest BCUT2D eigenvalue weighted by Crippen LogP contribution is -2.53. The molecule has 3 aromatic rings. The van der Waals surface area contributed by atoms with E-state index in [0.29, 0.717) is 31.7 Å². The van der Waals surface area contributed by atoms with Crippen LogP contribution in [0.4, 0.5) is 10.5 Å². The summed E-state index contributed by atoms with van der Waals surface area (Å²) in [6, 6.07) is 23.5. The first-order valence-electron chi connectivity index (χ1n) is 12.2. The van der Waals surface area contributed by atoms with Gasteiger partial charge in [0, 0.05) is 13.1 Å². The maximum atomic E-state index is 13.8. The largest absolute Gasteiger partial charge is 0.489 e. The van der Waals surface area contributed by atoms with Crippen molar-refractivity contribution < 1.29 is 24.2 Å². The molecular weight excluding hydrogens is 470 g/mol. The van der Waals surface area contributed by atoms with Crippen molar-refractivity contribution in [1.29, 1.82) is 0 Å². The minimum atomic E-state index is -1.21. The quantitative estimate of drug-likeness (QED) is 0.481. The van der Waals surface area contributed by atoms with Gasteiger partial charge < -0.3 is 20.1 Å². The SMILES string of the molecule is C[C@@H](C(=O)N[C@H]1CCc2ccc(OCc3ccccc3)cc2N(Cc2ccccc2)C1=O)N(C)C(=O)O. The van der Waals surface area contributed by atoms with Crippen molar-refractivity contribution in [3.05, 3.63) is 95.6 Å². The molecule has 0 unspecified atom stereocenters. The Balaban J connectivity index is 1.60. The lowest BCUT2D eigenvalue weighted by molar-refractivity contribution is -0.130. The molecule has 4 rings (SSSR count). The van der Waals surface area contributed by atoms with Crippen LogP contribution in [0, 0.1) is 0 Å². The second-order valence-corrected chi connectivity index (χ2v) is 9.14. The van der Waals surface area contributed by atoms with Crippen LogP contribution in [0.25, 0.3) is 0 Å². The van der Waals surface area contributed by atoms with E-state index in [9.17, 15) is 19.5 Å². The molecule has 0 aliphatic carbocycles. The van der Waals surface area contributed by atoms with Gasteiger partial charge in [-0.1, -0.05) is 66.7 Å². The maximum Gasteiger partial charge on any atom is 0.407 e. The van der Waals surface area contributed by atoms with Crippen LogP contribution < -0.4 is 15.0 Å². The highest BCUT2D eigenvalue weighted by Gasteiger charge is 2.33. The highest BCUT2D eigenvalue weighted by Crippen LogP contribution is 2.32. The number of anilines is 1. The highest BCUT2D eigenvalue weighted by molar-refractivity contribution is 6.01. The molecule has 3 amide bonds. The second kappa shape index (κ2) is 11.6. The molecule has 2 N–H and O–H groups in total. The zero-order valence-electron chi connectivity index (χ0n) is 21.0. The fourth-order valence-corrected chi connectivity index (χ4v) is 4.26. The fraction of sp³-hybridized carbons (Fsp3) is 0.276. The van der Waals surface area contributed by atoms with E-state index in [-0.39, 0.29) is 5.91 Å². The van der Waals surface area contributed by atoms with E-state index in [1.54, 1.807) is 4.90 Å². The predicted octanol–water partition coefficient (Wildman–Crippen LogP) is 4.23. The van der Waals surface area contributed by atoms with Crippen molar-refractivity contribution in [1.82, 2.24) is 10.2 Å². The molecule has 0 saturated carbocycles. The van der Waals surface area contributed by atoms with Gasteiger partial charge in [0.2, 0.25) is 11.8 Å². The molecule has 1 aliphatic heterocycles. The van der Waals surface area contributed by atoms with E-state index in [0.717, 1.165) is 27.3 Å². The third-order valence-corrected chi connectivity index (χ3v) is 6.62. The molecule has 1 aliphatic rings. The molecule has 0 radical (unpaired) electrons. The topological polar surface area (TPSA) is 99.2 Å². The number of carbonyl (C=O) groups excluding carboxylic acids is 2. The Labute approximate surface area is 216 Å². The molecule has 8 heteroatoms. The van der Waals surface area contributed by atoms with Crippen molar-refractivity contribution in [3.63, 3.8) is 0 Å². The van der Waals surface area contributed by atoms with Gasteiger partial charge in [0.25, 0.3) is 0 Å². The summed E-state index contributed by atoms with van der Waals surface area (Å²) in [7, 11) is 1.33. The second-order valence-electron chi connectivity index (χ2n) is 9.14. The van der Waals surface area contributed by atoms with Crippen molar-refractivity contribution in [2.45, 2.75) is 45.0 Å². The van der Waals surface area contributed by atoms with E-state index in [1.807, 2.05) is 78.9 Å². The molecule has 2 atom stereocenters. The van der Waals surface area contributed by atoms with Crippen LogP contribution >= 0.6 is 0 Å². The molecule has 8 nitrogen and oxygen atoms in total. The smallest absolute Gasteiger partial charge is 0.407 e. The molecule has 37 heavy (non-hydrogen) atoms. The van der Waals surface area contributed by atoms with Gasteiger partial charge in [-0.3, -0.25) is 14.5 Å². The molecule has 0 spiro atoms. The summed E-state index contributed by atoms with van der Waals surface area (Å²) in [4.78, 5) is 40.5. The van der Waals surface area contributed by atoms with Crippen molar-refractivity contribution in [2.75, 3.05) is 11.9 Å². The van der Waals surface area contributed by atoms with Gasteiger partial charge in [-0.15, -0.1) is 0 Å². The van der Waals surface area contributed by atoms with E-state index in [1.165, 1.54) is 14.0 Å². The van der Waals surface area contributed by atoms with Crippen molar-refractivity contribution in [3.8, 4) is 5.75 Å². The lowest BCUT2D eigenvalue weighted by Gasteiger charge is -2.28. The van der Waals surface area contributed by atoms with E-state index in [2.05, 4.69) is 5.32 Å². The Morgan fingerprint density at radius 2 is 1.70 bits per heavy atom. The summed E-state index contributed by atoms with van der Waals surface area (Å²) in [5.41, 5.74) is 3.71. The molecule has 192 valence electrons. The van der Waals surface area contributed by atoms with Crippen LogP contribution in [-0.4, -0.2) is 47.0 Å². The Hall–Kier alpha value is -4.33. The standard InChI is InChI=1S/C29H31N3O5/c1-20(31(2)29(35)36)27(33)30-25-16-14-23-13-15-24(37-19-22-11-7-4-8-12-22)17-26(23)32(28(25)34)18-21-9-5-3-6-10-21/h3-13,15,17,20,25H,14,16,18-19H2,1-2H3,(H,30,33)(H,35,36)/t20-,25-/m0/s1. The average Bonchev–Trinajstić information content (AvgIpc) is 3.04. The van der Waals surface area contributed by atoms with Gasteiger partial charge in [0.15, 0.2) is 0 Å². The van der Waals surface area contributed by atoms with Crippen molar-refractivity contribution >= 4 is 23.6 Å². The molecule has 0 saturated heterocycles. The van der Waals surface area contributed by atoms with Crippen LogP contribution in [0.5, 0.6) is 5.75 Å². The normalized spacial score (nSPS) is 15.8. The first kappa shape index (κ1) is 25.8. The number of hydrogen-bond donors (Lipinski definition) is 2. The number of benzene rings is 3. The van der Waals surface area contributed by atoms with Crippen LogP contribution in [0.1, 0.15) is 30.0 Å². The number of nitrogens with zero attached hydrogens (tertiary/aromatic N) is 2. The fourth-order valence-electron chi connectivity index (χ4n) is 4.26. The van der Waals surface area contributed by atoms with Crippen LogP contribution in [0.15, 0.2) is 78.9 Å². The van der Waals surface area contributed by atoms with Crippen LogP contribution in [-0.2, 0) is 29.2 Å². The Morgan fingerprint density at radius 1 is 1.05 bits per heavy atom. The lowest BCUT2D eigenvalue weighted by atomic mass is 10.1. The third-order valence-electron chi connectivity index (χ3n) is 6.62. The minimum Gasteiger partial charge on any atom is -0.489 e. The van der Waals surface area contributed by atoms with E-state index >= 15 is 0 Å². The number of amides is 3. The summed E-state index contributed by atoms with van der Waals surface area (Å²) in [6.45, 7) is 2.23. The summed E-state index contributed by atoms with van der Waals surface area (Å²) in [5, 5.41) is 12.0. The molecule has 0 bridgehead atoms. The zero-order valence-corrected chi connectivity index (χ0v) is 21.0. The number of rotatable bonds is 8. The highest BCUT2D eigenvalue weighted by atomic mass is 16.5. The van der Waals surface area contributed by atoms with Crippen LogP contribution in [0.3, 0.4) is 0 Å². The minimum absolute atomic E-state index is 0.249. The number of aryl methyl sites for hydroxylation is 1. The van der Waals surface area contributed by atoms with Gasteiger partial charge in [-0.05, 0) is 42.5 Å². The van der Waals surface area contributed by atoms with Crippen molar-refractivity contribution in [2.24, 2.45) is 0 Å². The number of likely N-dealkylation sites (N-methyl/N-ethyl adjacent to an activating group) is 1. The average molecular weight is 502 g/mol. The Morgan fingerprint density at radius 3 is 2.35 bits per heavy atom. The molecular formula is C29H31N3O5.